The van der Waals surface area contributed by atoms with Gasteiger partial charge in [0.2, 0.25) is 11.8 Å². The first-order chi connectivity index (χ1) is 11.2. The summed E-state index contributed by atoms with van der Waals surface area (Å²) in [7, 11) is 0. The van der Waals surface area contributed by atoms with Gasteiger partial charge in [-0.15, -0.1) is 0 Å². The summed E-state index contributed by atoms with van der Waals surface area (Å²) < 4.78 is 0. The van der Waals surface area contributed by atoms with Crippen LogP contribution in [0.5, 0.6) is 0 Å². The van der Waals surface area contributed by atoms with Crippen LogP contribution in [0.4, 0.5) is 5.69 Å². The topological polar surface area (TPSA) is 82.0 Å². The molecule has 114 valence electrons. The highest BCUT2D eigenvalue weighted by atomic mass is 16.2. The van der Waals surface area contributed by atoms with Crippen molar-refractivity contribution >= 4 is 17.5 Å². The van der Waals surface area contributed by atoms with Crippen molar-refractivity contribution in [3.63, 3.8) is 0 Å². The summed E-state index contributed by atoms with van der Waals surface area (Å²) in [6, 6.07) is 16.4. The van der Waals surface area contributed by atoms with Crippen LogP contribution in [0, 0.1) is 11.3 Å². The van der Waals surface area contributed by atoms with Crippen LogP contribution in [-0.2, 0) is 16.1 Å². The lowest BCUT2D eigenvalue weighted by molar-refractivity contribution is -0.126. The quantitative estimate of drug-likeness (QED) is 0.913. The molecule has 23 heavy (non-hydrogen) atoms. The van der Waals surface area contributed by atoms with Gasteiger partial charge in [-0.25, -0.2) is 0 Å². The van der Waals surface area contributed by atoms with Gasteiger partial charge in [-0.3, -0.25) is 9.59 Å². The number of nitrogens with zero attached hydrogens (tertiary/aromatic N) is 1. The molecule has 0 fully saturated rings. The third-order valence-electron chi connectivity index (χ3n) is 3.87. The number of fused-ring (bicyclic) bond motifs is 1. The number of nitriles is 1. The van der Waals surface area contributed by atoms with Crippen LogP contribution in [0.15, 0.2) is 48.5 Å². The average Bonchev–Trinajstić information content (AvgIpc) is 2.59. The van der Waals surface area contributed by atoms with E-state index in [-0.39, 0.29) is 18.2 Å². The molecular weight excluding hydrogens is 290 g/mol. The van der Waals surface area contributed by atoms with Gasteiger partial charge in [-0.05, 0) is 29.3 Å². The first kappa shape index (κ1) is 14.8. The monoisotopic (exact) mass is 305 g/mol. The number of para-hydroxylation sites is 1. The molecule has 1 heterocycles. The predicted molar refractivity (Wildman–Crippen MR) is 85.4 cm³/mol. The van der Waals surface area contributed by atoms with Crippen molar-refractivity contribution in [1.82, 2.24) is 5.32 Å². The van der Waals surface area contributed by atoms with Crippen LogP contribution in [0.3, 0.4) is 0 Å². The molecule has 0 aliphatic carbocycles. The van der Waals surface area contributed by atoms with E-state index in [2.05, 4.69) is 16.7 Å². The minimum Gasteiger partial charge on any atom is -0.351 e. The summed E-state index contributed by atoms with van der Waals surface area (Å²) in [4.78, 5) is 24.2. The van der Waals surface area contributed by atoms with Crippen LogP contribution in [0.25, 0.3) is 0 Å². The Morgan fingerprint density at radius 3 is 2.70 bits per heavy atom. The van der Waals surface area contributed by atoms with E-state index in [9.17, 15) is 9.59 Å². The maximum atomic E-state index is 12.5. The van der Waals surface area contributed by atoms with E-state index in [1.807, 2.05) is 18.2 Å². The van der Waals surface area contributed by atoms with Gasteiger partial charge in [-0.1, -0.05) is 30.3 Å². The maximum absolute atomic E-state index is 12.5. The van der Waals surface area contributed by atoms with Gasteiger partial charge in [0, 0.05) is 18.7 Å². The summed E-state index contributed by atoms with van der Waals surface area (Å²) in [5.74, 6) is -0.794. The molecule has 5 nitrogen and oxygen atoms in total. The molecule has 0 radical (unpaired) electrons. The lowest BCUT2D eigenvalue weighted by Crippen LogP contribution is -2.34. The largest absolute Gasteiger partial charge is 0.351 e. The Labute approximate surface area is 133 Å². The summed E-state index contributed by atoms with van der Waals surface area (Å²) in [5.41, 5.74) is 3.02. The second-order valence-corrected chi connectivity index (χ2v) is 5.42. The highest BCUT2D eigenvalue weighted by Gasteiger charge is 2.30. The zero-order valence-corrected chi connectivity index (χ0v) is 12.4. The first-order valence-corrected chi connectivity index (χ1v) is 7.33. The van der Waals surface area contributed by atoms with Gasteiger partial charge in [0.05, 0.1) is 17.6 Å². The molecule has 2 amide bonds. The second kappa shape index (κ2) is 6.32. The zero-order chi connectivity index (χ0) is 16.2. The smallest absolute Gasteiger partial charge is 0.228 e. The number of rotatable bonds is 3. The van der Waals surface area contributed by atoms with Crippen molar-refractivity contribution in [1.29, 1.82) is 5.26 Å². The molecule has 1 unspecified atom stereocenters. The van der Waals surface area contributed by atoms with Crippen molar-refractivity contribution in [3.05, 3.63) is 65.2 Å². The molecule has 0 spiro atoms. The number of hydrogen-bond acceptors (Lipinski definition) is 3. The SMILES string of the molecule is N#Cc1ccc(CNC(=O)C2CC(=O)Nc3ccccc32)cc1. The van der Waals surface area contributed by atoms with E-state index in [0.29, 0.717) is 17.8 Å². The Kier molecular flexibility index (Phi) is 4.07. The van der Waals surface area contributed by atoms with Crippen LogP contribution >= 0.6 is 0 Å². The molecule has 3 rings (SSSR count). The predicted octanol–water partition coefficient (Wildman–Crippen LogP) is 2.30. The number of amides is 2. The molecule has 0 aromatic heterocycles. The van der Waals surface area contributed by atoms with Crippen LogP contribution in [0.2, 0.25) is 0 Å². The molecule has 2 N–H and O–H groups in total. The molecule has 1 aliphatic heterocycles. The fraction of sp³-hybridized carbons (Fsp3) is 0.167. The van der Waals surface area contributed by atoms with E-state index in [0.717, 1.165) is 11.1 Å². The normalized spacial score (nSPS) is 16.0. The molecular formula is C18H15N3O2. The van der Waals surface area contributed by atoms with Crippen molar-refractivity contribution in [2.45, 2.75) is 18.9 Å². The van der Waals surface area contributed by atoms with Crippen LogP contribution in [0.1, 0.15) is 29.0 Å². The van der Waals surface area contributed by atoms with Gasteiger partial charge in [0.15, 0.2) is 0 Å². The van der Waals surface area contributed by atoms with Crippen LogP contribution < -0.4 is 10.6 Å². The maximum Gasteiger partial charge on any atom is 0.228 e. The second-order valence-electron chi connectivity index (χ2n) is 5.42. The van der Waals surface area contributed by atoms with Gasteiger partial charge in [0.25, 0.3) is 0 Å². The number of anilines is 1. The summed E-state index contributed by atoms with van der Waals surface area (Å²) in [6.07, 6.45) is 0.149. The number of carbonyl (C=O) groups is 2. The van der Waals surface area contributed by atoms with Gasteiger partial charge >= 0.3 is 0 Å². The Balaban J connectivity index is 1.71. The highest BCUT2D eigenvalue weighted by Crippen LogP contribution is 2.31. The van der Waals surface area contributed by atoms with E-state index >= 15 is 0 Å². The summed E-state index contributed by atoms with van der Waals surface area (Å²) in [6.45, 7) is 0.366. The van der Waals surface area contributed by atoms with E-state index in [1.165, 1.54) is 0 Å². The van der Waals surface area contributed by atoms with Gasteiger partial charge in [0.1, 0.15) is 0 Å². The number of nitrogens with one attached hydrogen (secondary N) is 2. The van der Waals surface area contributed by atoms with Crippen molar-refractivity contribution in [2.24, 2.45) is 0 Å². The summed E-state index contributed by atoms with van der Waals surface area (Å²) >= 11 is 0. The van der Waals surface area contributed by atoms with E-state index < -0.39 is 5.92 Å². The minimum absolute atomic E-state index is 0.149. The molecule has 1 atom stereocenters. The van der Waals surface area contributed by atoms with E-state index in [4.69, 9.17) is 5.26 Å². The number of carbonyl (C=O) groups excluding carboxylic acids is 2. The average molecular weight is 305 g/mol. The third kappa shape index (κ3) is 3.22. The summed E-state index contributed by atoms with van der Waals surface area (Å²) in [5, 5.41) is 14.4. The standard InChI is InChI=1S/C18H15N3O2/c19-10-12-5-7-13(8-6-12)11-20-18(23)15-9-17(22)21-16-4-2-1-3-14(15)16/h1-8,15H,9,11H2,(H,20,23)(H,21,22). The Morgan fingerprint density at radius 1 is 1.22 bits per heavy atom. The third-order valence-corrected chi connectivity index (χ3v) is 3.87. The lowest BCUT2D eigenvalue weighted by atomic mass is 9.90. The molecule has 0 saturated heterocycles. The lowest BCUT2D eigenvalue weighted by Gasteiger charge is -2.24. The molecule has 1 aliphatic rings. The van der Waals surface area contributed by atoms with Crippen LogP contribution in [-0.4, -0.2) is 11.8 Å². The van der Waals surface area contributed by atoms with Gasteiger partial charge in [-0.2, -0.15) is 5.26 Å². The Hall–Kier alpha value is -3.13. The van der Waals surface area contributed by atoms with Crippen molar-refractivity contribution in [3.8, 4) is 6.07 Å². The molecule has 0 saturated carbocycles. The van der Waals surface area contributed by atoms with Crippen molar-refractivity contribution in [2.75, 3.05) is 5.32 Å². The first-order valence-electron chi connectivity index (χ1n) is 7.33. The molecule has 2 aromatic carbocycles. The fourth-order valence-corrected chi connectivity index (χ4v) is 2.65. The number of hydrogen-bond donors (Lipinski definition) is 2. The molecule has 2 aromatic rings. The van der Waals surface area contributed by atoms with Gasteiger partial charge < -0.3 is 10.6 Å². The number of benzene rings is 2. The van der Waals surface area contributed by atoms with E-state index in [1.54, 1.807) is 30.3 Å². The molecule has 0 bridgehead atoms. The Morgan fingerprint density at radius 2 is 1.96 bits per heavy atom. The minimum atomic E-state index is -0.474. The van der Waals surface area contributed by atoms with Crippen molar-refractivity contribution < 1.29 is 9.59 Å². The Bertz CT molecular complexity index is 791. The highest BCUT2D eigenvalue weighted by molar-refractivity contribution is 6.01. The fourth-order valence-electron chi connectivity index (χ4n) is 2.65. The zero-order valence-electron chi connectivity index (χ0n) is 12.4. The molecule has 5 heteroatoms.